The average Bonchev–Trinajstić information content (AvgIpc) is 2.77. The zero-order chi connectivity index (χ0) is 25.4. The van der Waals surface area contributed by atoms with E-state index in [9.17, 15) is 29.1 Å². The molecule has 12 nitrogen and oxygen atoms in total. The number of carboxylic acids is 1. The Morgan fingerprint density at radius 2 is 1.45 bits per heavy atom. The van der Waals surface area contributed by atoms with Crippen LogP contribution < -0.4 is 33.2 Å². The van der Waals surface area contributed by atoms with E-state index in [0.29, 0.717) is 25.1 Å². The smallest absolute Gasteiger partial charge is 0.326 e. The minimum absolute atomic E-state index is 0.0345. The number of aliphatic carboxylic acids is 1. The summed E-state index contributed by atoms with van der Waals surface area (Å²) >= 11 is 5.38. The molecule has 4 amide bonds. The van der Waals surface area contributed by atoms with Crippen molar-refractivity contribution in [3.63, 3.8) is 0 Å². The standard InChI is InChI=1S/C19H36N6O6S2/c1-33-9-7-14(19(30)31)25-17(28)12(4-2-3-8-20)24-18(29)13(5-6-15(22)26)23-16(27)11(21)10-32/h11-14,32H,2-10,20-21H2,1H3,(H2,22,26)(H,23,27)(H,24,29)(H,25,28)(H,30,31). The third-order valence-corrected chi connectivity index (χ3v) is 5.69. The SMILES string of the molecule is CSCCC(NC(=O)C(CCCCN)NC(=O)C(CCC(N)=O)NC(=O)C(N)CS)C(=O)O. The molecule has 0 rings (SSSR count). The molecule has 0 aliphatic rings. The van der Waals surface area contributed by atoms with Crippen molar-refractivity contribution in [2.24, 2.45) is 17.2 Å². The van der Waals surface area contributed by atoms with Crippen LogP contribution in [0.3, 0.4) is 0 Å². The van der Waals surface area contributed by atoms with Crippen molar-refractivity contribution >= 4 is 54.0 Å². The van der Waals surface area contributed by atoms with Gasteiger partial charge in [-0.05, 0) is 50.7 Å². The van der Waals surface area contributed by atoms with Crippen LogP contribution in [0.1, 0.15) is 38.5 Å². The van der Waals surface area contributed by atoms with E-state index in [1.807, 2.05) is 6.26 Å². The quantitative estimate of drug-likeness (QED) is 0.0751. The number of primary amides is 1. The highest BCUT2D eigenvalue weighted by atomic mass is 32.2. The molecule has 4 atom stereocenters. The minimum atomic E-state index is -1.18. The summed E-state index contributed by atoms with van der Waals surface area (Å²) in [5.41, 5.74) is 16.3. The monoisotopic (exact) mass is 508 g/mol. The average molecular weight is 509 g/mol. The number of thiol groups is 1. The summed E-state index contributed by atoms with van der Waals surface area (Å²) in [6, 6.07) is -4.33. The van der Waals surface area contributed by atoms with E-state index in [1.54, 1.807) is 0 Å². The van der Waals surface area contributed by atoms with E-state index in [4.69, 9.17) is 17.2 Å². The fourth-order valence-electron chi connectivity index (χ4n) is 2.72. The van der Waals surface area contributed by atoms with Gasteiger partial charge < -0.3 is 38.3 Å². The van der Waals surface area contributed by atoms with E-state index < -0.39 is 53.8 Å². The maximum Gasteiger partial charge on any atom is 0.326 e. The van der Waals surface area contributed by atoms with Gasteiger partial charge in [-0.3, -0.25) is 19.2 Å². The molecule has 0 saturated heterocycles. The summed E-state index contributed by atoms with van der Waals surface area (Å²) in [7, 11) is 0. The Labute approximate surface area is 203 Å². The summed E-state index contributed by atoms with van der Waals surface area (Å²) in [6.07, 6.45) is 3.04. The van der Waals surface area contributed by atoms with E-state index >= 15 is 0 Å². The predicted molar refractivity (Wildman–Crippen MR) is 130 cm³/mol. The van der Waals surface area contributed by atoms with Crippen LogP contribution in [0.25, 0.3) is 0 Å². The van der Waals surface area contributed by atoms with Crippen LogP contribution in [0.2, 0.25) is 0 Å². The zero-order valence-corrected chi connectivity index (χ0v) is 20.5. The summed E-state index contributed by atoms with van der Waals surface area (Å²) in [5.74, 6) is -3.34. The Morgan fingerprint density at radius 3 is 1.94 bits per heavy atom. The number of amides is 4. The molecule has 4 unspecified atom stereocenters. The lowest BCUT2D eigenvalue weighted by Crippen LogP contribution is -2.57. The van der Waals surface area contributed by atoms with E-state index in [1.165, 1.54) is 11.8 Å². The second kappa shape index (κ2) is 17.4. The molecule has 0 spiro atoms. The van der Waals surface area contributed by atoms with Crippen LogP contribution in [0.5, 0.6) is 0 Å². The normalized spacial score (nSPS) is 14.4. The van der Waals surface area contributed by atoms with Gasteiger partial charge in [0.25, 0.3) is 0 Å². The van der Waals surface area contributed by atoms with Gasteiger partial charge in [0.1, 0.15) is 18.1 Å². The van der Waals surface area contributed by atoms with Crippen molar-refractivity contribution < 1.29 is 29.1 Å². The fourth-order valence-corrected chi connectivity index (χ4v) is 3.35. The maximum absolute atomic E-state index is 12.9. The van der Waals surface area contributed by atoms with Crippen LogP contribution in [0.15, 0.2) is 0 Å². The highest BCUT2D eigenvalue weighted by Crippen LogP contribution is 2.07. The highest BCUT2D eigenvalue weighted by Gasteiger charge is 2.30. The van der Waals surface area contributed by atoms with E-state index in [-0.39, 0.29) is 31.4 Å². The van der Waals surface area contributed by atoms with Gasteiger partial charge in [0.15, 0.2) is 0 Å². The lowest BCUT2D eigenvalue weighted by atomic mass is 10.1. The molecule has 0 fully saturated rings. The van der Waals surface area contributed by atoms with E-state index in [2.05, 4.69) is 28.6 Å². The molecule has 0 aromatic rings. The first kappa shape index (κ1) is 31.0. The van der Waals surface area contributed by atoms with Gasteiger partial charge in [-0.2, -0.15) is 24.4 Å². The molecule has 14 heteroatoms. The topological polar surface area (TPSA) is 220 Å². The predicted octanol–water partition coefficient (Wildman–Crippen LogP) is -2.07. The van der Waals surface area contributed by atoms with Crippen LogP contribution in [-0.2, 0) is 24.0 Å². The first-order valence-electron chi connectivity index (χ1n) is 10.5. The number of unbranched alkanes of at least 4 members (excludes halogenated alkanes) is 1. The van der Waals surface area contributed by atoms with Crippen LogP contribution >= 0.6 is 24.4 Å². The minimum Gasteiger partial charge on any atom is -0.480 e. The Morgan fingerprint density at radius 1 is 0.909 bits per heavy atom. The molecule has 0 aromatic carbocycles. The highest BCUT2D eigenvalue weighted by molar-refractivity contribution is 7.98. The second-order valence-corrected chi connectivity index (χ2v) is 8.73. The van der Waals surface area contributed by atoms with Crippen molar-refractivity contribution in [2.75, 3.05) is 24.3 Å². The Hall–Kier alpha value is -2.03. The molecular weight excluding hydrogens is 472 g/mol. The van der Waals surface area contributed by atoms with Crippen molar-refractivity contribution in [1.29, 1.82) is 0 Å². The number of thioether (sulfide) groups is 1. The second-order valence-electron chi connectivity index (χ2n) is 7.38. The summed E-state index contributed by atoms with van der Waals surface area (Å²) < 4.78 is 0. The third-order valence-electron chi connectivity index (χ3n) is 4.65. The molecule has 0 heterocycles. The van der Waals surface area contributed by atoms with Gasteiger partial charge in [-0.1, -0.05) is 0 Å². The zero-order valence-electron chi connectivity index (χ0n) is 18.7. The van der Waals surface area contributed by atoms with Crippen LogP contribution in [-0.4, -0.2) is 83.2 Å². The molecule has 0 radical (unpaired) electrons. The van der Waals surface area contributed by atoms with Gasteiger partial charge >= 0.3 is 5.97 Å². The van der Waals surface area contributed by atoms with E-state index in [0.717, 1.165) is 0 Å². The lowest BCUT2D eigenvalue weighted by Gasteiger charge is -2.25. The number of carbonyl (C=O) groups is 5. The van der Waals surface area contributed by atoms with Gasteiger partial charge in [-0.25, -0.2) is 4.79 Å². The number of nitrogens with two attached hydrogens (primary N) is 3. The number of rotatable bonds is 18. The number of carbonyl (C=O) groups excluding carboxylic acids is 4. The van der Waals surface area contributed by atoms with Crippen molar-refractivity contribution in [3.05, 3.63) is 0 Å². The number of hydrogen-bond acceptors (Lipinski definition) is 9. The van der Waals surface area contributed by atoms with Crippen molar-refractivity contribution in [3.8, 4) is 0 Å². The van der Waals surface area contributed by atoms with Gasteiger partial charge in [-0.15, -0.1) is 0 Å². The Bertz CT molecular complexity index is 669. The lowest BCUT2D eigenvalue weighted by molar-refractivity contribution is -0.142. The maximum atomic E-state index is 12.9. The summed E-state index contributed by atoms with van der Waals surface area (Å²) in [5, 5.41) is 16.8. The molecule has 0 bridgehead atoms. The Kier molecular flexibility index (Phi) is 16.4. The fraction of sp³-hybridized carbons (Fsp3) is 0.737. The van der Waals surface area contributed by atoms with Crippen molar-refractivity contribution in [1.82, 2.24) is 16.0 Å². The van der Waals surface area contributed by atoms with Crippen molar-refractivity contribution in [2.45, 2.75) is 62.7 Å². The van der Waals surface area contributed by atoms with Gasteiger partial charge in [0, 0.05) is 12.2 Å². The first-order chi connectivity index (χ1) is 15.6. The van der Waals surface area contributed by atoms with Crippen LogP contribution in [0.4, 0.5) is 0 Å². The number of nitrogens with one attached hydrogen (secondary N) is 3. The summed E-state index contributed by atoms with van der Waals surface area (Å²) in [4.78, 5) is 60.5. The number of hydrogen-bond donors (Lipinski definition) is 8. The largest absolute Gasteiger partial charge is 0.480 e. The number of carboxylic acid groups (broad SMARTS) is 1. The van der Waals surface area contributed by atoms with Gasteiger partial charge in [0.2, 0.25) is 23.6 Å². The molecular formula is C19H36N6O6S2. The molecule has 190 valence electrons. The third kappa shape index (κ3) is 13.3. The van der Waals surface area contributed by atoms with Gasteiger partial charge in [0.05, 0.1) is 6.04 Å². The molecule has 0 aliphatic heterocycles. The molecule has 10 N–H and O–H groups in total. The Balaban J connectivity index is 5.47. The van der Waals surface area contributed by atoms with Crippen LogP contribution in [0, 0.1) is 0 Å². The molecule has 0 aromatic heterocycles. The molecule has 0 aliphatic carbocycles. The summed E-state index contributed by atoms with van der Waals surface area (Å²) in [6.45, 7) is 0.382. The molecule has 33 heavy (non-hydrogen) atoms. The first-order valence-corrected chi connectivity index (χ1v) is 12.6. The molecule has 0 saturated carbocycles.